The second-order valence-electron chi connectivity index (χ2n) is 11.5. The summed E-state index contributed by atoms with van der Waals surface area (Å²) in [5.41, 5.74) is 2.64. The first-order chi connectivity index (χ1) is 19.1. The number of rotatable bonds is 8. The maximum atomic E-state index is 13.2. The van der Waals surface area contributed by atoms with Crippen LogP contribution in [0.5, 0.6) is 5.75 Å². The molecule has 3 aromatic carbocycles. The summed E-state index contributed by atoms with van der Waals surface area (Å²) in [6.45, 7) is 2.94. The van der Waals surface area contributed by atoms with Gasteiger partial charge in [0.1, 0.15) is 18.5 Å². The lowest BCUT2D eigenvalue weighted by Crippen LogP contribution is -2.46. The molecule has 1 aliphatic carbocycles. The van der Waals surface area contributed by atoms with E-state index in [-0.39, 0.29) is 24.3 Å². The molecule has 204 valence electrons. The van der Waals surface area contributed by atoms with Gasteiger partial charge in [-0.2, -0.15) is 0 Å². The predicted molar refractivity (Wildman–Crippen MR) is 152 cm³/mol. The molecular weight excluding hydrogens is 488 g/mol. The van der Waals surface area contributed by atoms with Crippen molar-refractivity contribution in [3.05, 3.63) is 77.4 Å². The summed E-state index contributed by atoms with van der Waals surface area (Å²) in [6, 6.07) is 19.7. The summed E-state index contributed by atoms with van der Waals surface area (Å²) >= 11 is 0. The molecule has 1 saturated carbocycles. The van der Waals surface area contributed by atoms with Gasteiger partial charge in [0, 0.05) is 29.6 Å². The lowest BCUT2D eigenvalue weighted by molar-refractivity contribution is 0.0453. The standard InChI is InChI=1S/C33H38N2O4/c36-27(22-39-28-14-12-25(13-15-28)24-6-2-1-3-7-24)21-34-18-16-23(17-19-34)20-35-32(37)29-10-4-8-26-9-5-11-30(31(26)29)33(35)38/h4-5,8-15,23-24,27,36H,1-3,6-7,16-22H2/t27-/m1/s1. The van der Waals surface area contributed by atoms with Crippen LogP contribution < -0.4 is 4.74 Å². The molecule has 1 atom stereocenters. The Morgan fingerprint density at radius 1 is 0.821 bits per heavy atom. The number of aliphatic hydroxyl groups excluding tert-OH is 1. The number of carbonyl (C=O) groups is 2. The van der Waals surface area contributed by atoms with E-state index in [0.29, 0.717) is 30.1 Å². The van der Waals surface area contributed by atoms with Crippen LogP contribution in [0.2, 0.25) is 0 Å². The van der Waals surface area contributed by atoms with Gasteiger partial charge in [-0.3, -0.25) is 14.5 Å². The van der Waals surface area contributed by atoms with Crippen molar-refractivity contribution in [1.82, 2.24) is 9.80 Å². The van der Waals surface area contributed by atoms with Gasteiger partial charge in [0.05, 0.1) is 0 Å². The van der Waals surface area contributed by atoms with Crippen molar-refractivity contribution in [2.24, 2.45) is 5.92 Å². The Bertz CT molecular complexity index is 1270. The number of hydrogen-bond donors (Lipinski definition) is 1. The van der Waals surface area contributed by atoms with Gasteiger partial charge in [-0.25, -0.2) is 0 Å². The van der Waals surface area contributed by atoms with E-state index in [1.54, 1.807) is 0 Å². The topological polar surface area (TPSA) is 70.1 Å². The number of carbonyl (C=O) groups excluding carboxylic acids is 2. The summed E-state index contributed by atoms with van der Waals surface area (Å²) < 4.78 is 5.89. The minimum atomic E-state index is -0.568. The molecule has 0 bridgehead atoms. The van der Waals surface area contributed by atoms with Gasteiger partial charge in [-0.15, -0.1) is 0 Å². The van der Waals surface area contributed by atoms with E-state index < -0.39 is 6.10 Å². The van der Waals surface area contributed by atoms with Crippen LogP contribution in [0.4, 0.5) is 0 Å². The number of piperidine rings is 1. The van der Waals surface area contributed by atoms with E-state index in [1.165, 1.54) is 42.6 Å². The molecule has 6 nitrogen and oxygen atoms in total. The number of nitrogens with zero attached hydrogens (tertiary/aromatic N) is 2. The Morgan fingerprint density at radius 3 is 2.10 bits per heavy atom. The molecule has 0 spiro atoms. The summed E-state index contributed by atoms with van der Waals surface area (Å²) in [5.74, 6) is 1.37. The van der Waals surface area contributed by atoms with Crippen LogP contribution >= 0.6 is 0 Å². The van der Waals surface area contributed by atoms with Gasteiger partial charge in [-0.05, 0) is 85.8 Å². The monoisotopic (exact) mass is 526 g/mol. The average Bonchev–Trinajstić information content (AvgIpc) is 2.98. The smallest absolute Gasteiger partial charge is 0.261 e. The fraction of sp³-hybridized carbons (Fsp3) is 0.455. The Hall–Kier alpha value is -3.22. The molecular formula is C33H38N2O4. The van der Waals surface area contributed by atoms with E-state index in [1.807, 2.05) is 48.5 Å². The summed E-state index contributed by atoms with van der Waals surface area (Å²) in [4.78, 5) is 30.2. The number of benzene rings is 3. The van der Waals surface area contributed by atoms with Gasteiger partial charge in [-0.1, -0.05) is 55.7 Å². The first-order valence-electron chi connectivity index (χ1n) is 14.6. The zero-order valence-electron chi connectivity index (χ0n) is 22.6. The molecule has 6 heteroatoms. The molecule has 1 saturated heterocycles. The minimum absolute atomic E-state index is 0.189. The third-order valence-corrected chi connectivity index (χ3v) is 8.87. The van der Waals surface area contributed by atoms with Gasteiger partial charge in [0.2, 0.25) is 0 Å². The normalized spacial score (nSPS) is 20.0. The van der Waals surface area contributed by atoms with Crippen molar-refractivity contribution < 1.29 is 19.4 Å². The predicted octanol–water partition coefficient (Wildman–Crippen LogP) is 5.64. The number of β-amino-alcohol motifs (C(OH)–C–C–N with tert-alkyl or cyclic N) is 1. The van der Waals surface area contributed by atoms with E-state index in [0.717, 1.165) is 42.5 Å². The van der Waals surface area contributed by atoms with Crippen LogP contribution in [0, 0.1) is 5.92 Å². The van der Waals surface area contributed by atoms with Crippen molar-refractivity contribution in [3.63, 3.8) is 0 Å². The summed E-state index contributed by atoms with van der Waals surface area (Å²) in [7, 11) is 0. The Kier molecular flexibility index (Phi) is 7.67. The highest BCUT2D eigenvalue weighted by atomic mass is 16.5. The van der Waals surface area contributed by atoms with Crippen molar-refractivity contribution in [2.45, 2.75) is 57.0 Å². The van der Waals surface area contributed by atoms with Crippen LogP contribution in [0.1, 0.15) is 77.1 Å². The average molecular weight is 527 g/mol. The second kappa shape index (κ2) is 11.5. The molecule has 2 fully saturated rings. The highest BCUT2D eigenvalue weighted by Crippen LogP contribution is 2.34. The minimum Gasteiger partial charge on any atom is -0.491 e. The molecule has 3 aliphatic rings. The van der Waals surface area contributed by atoms with Crippen LogP contribution in [-0.4, -0.2) is 65.6 Å². The number of aliphatic hydroxyl groups is 1. The number of amides is 2. The molecule has 0 unspecified atom stereocenters. The van der Waals surface area contributed by atoms with E-state index in [4.69, 9.17) is 4.74 Å². The van der Waals surface area contributed by atoms with Gasteiger partial charge in [0.15, 0.2) is 0 Å². The molecule has 1 N–H and O–H groups in total. The van der Waals surface area contributed by atoms with Crippen molar-refractivity contribution in [2.75, 3.05) is 32.8 Å². The van der Waals surface area contributed by atoms with Gasteiger partial charge in [0.25, 0.3) is 11.8 Å². The second-order valence-corrected chi connectivity index (χ2v) is 11.5. The summed E-state index contributed by atoms with van der Waals surface area (Å²) in [5, 5.41) is 12.3. The third kappa shape index (κ3) is 5.59. The Balaban J connectivity index is 0.968. The van der Waals surface area contributed by atoms with Crippen LogP contribution in [0.25, 0.3) is 10.8 Å². The lowest BCUT2D eigenvalue weighted by Gasteiger charge is -2.36. The fourth-order valence-corrected chi connectivity index (χ4v) is 6.67. The number of ether oxygens (including phenoxy) is 1. The molecule has 6 rings (SSSR count). The Labute approximate surface area is 230 Å². The quantitative estimate of drug-likeness (QED) is 0.385. The van der Waals surface area contributed by atoms with Crippen molar-refractivity contribution in [3.8, 4) is 5.75 Å². The first kappa shape index (κ1) is 26.0. The van der Waals surface area contributed by atoms with Crippen LogP contribution in [-0.2, 0) is 0 Å². The number of imide groups is 1. The lowest BCUT2D eigenvalue weighted by atomic mass is 9.84. The molecule has 2 heterocycles. The van der Waals surface area contributed by atoms with E-state index in [9.17, 15) is 14.7 Å². The maximum Gasteiger partial charge on any atom is 0.261 e. The highest BCUT2D eigenvalue weighted by Gasteiger charge is 2.35. The zero-order chi connectivity index (χ0) is 26.8. The van der Waals surface area contributed by atoms with Crippen LogP contribution in [0.15, 0.2) is 60.7 Å². The van der Waals surface area contributed by atoms with E-state index in [2.05, 4.69) is 17.0 Å². The number of hydrogen-bond acceptors (Lipinski definition) is 5. The first-order valence-corrected chi connectivity index (χ1v) is 14.6. The summed E-state index contributed by atoms with van der Waals surface area (Å²) in [6.07, 6.45) is 7.78. The van der Waals surface area contributed by atoms with E-state index >= 15 is 0 Å². The van der Waals surface area contributed by atoms with Gasteiger partial charge < -0.3 is 14.7 Å². The fourth-order valence-electron chi connectivity index (χ4n) is 6.67. The Morgan fingerprint density at radius 2 is 1.46 bits per heavy atom. The van der Waals surface area contributed by atoms with Gasteiger partial charge >= 0.3 is 0 Å². The molecule has 0 radical (unpaired) electrons. The molecule has 3 aromatic rings. The molecule has 0 aromatic heterocycles. The third-order valence-electron chi connectivity index (χ3n) is 8.87. The number of likely N-dealkylation sites (tertiary alicyclic amines) is 1. The maximum absolute atomic E-state index is 13.2. The zero-order valence-corrected chi connectivity index (χ0v) is 22.6. The molecule has 2 aliphatic heterocycles. The molecule has 2 amide bonds. The SMILES string of the molecule is O=C1c2cccc3cccc(c23)C(=O)N1CC1CCN(C[C@@H](O)COc2ccc(C3CCCCC3)cc2)CC1. The largest absolute Gasteiger partial charge is 0.491 e. The van der Waals surface area contributed by atoms with Crippen molar-refractivity contribution in [1.29, 1.82) is 0 Å². The van der Waals surface area contributed by atoms with Crippen LogP contribution in [0.3, 0.4) is 0 Å². The van der Waals surface area contributed by atoms with Crippen molar-refractivity contribution >= 4 is 22.6 Å². The molecule has 39 heavy (non-hydrogen) atoms. The highest BCUT2D eigenvalue weighted by molar-refractivity contribution is 6.25.